The van der Waals surface area contributed by atoms with Gasteiger partial charge in [0.25, 0.3) is 5.88 Å². The molecule has 0 aliphatic rings. The molecule has 1 heterocycles. The van der Waals surface area contributed by atoms with Crippen LogP contribution in [0.3, 0.4) is 0 Å². The lowest BCUT2D eigenvalue weighted by molar-refractivity contribution is 0.0579. The lowest BCUT2D eigenvalue weighted by Crippen LogP contribution is -2.41. The highest BCUT2D eigenvalue weighted by Gasteiger charge is 2.32. The summed E-state index contributed by atoms with van der Waals surface area (Å²) in [6, 6.07) is 0. The molecular formula is C11H14ClN3O5. The number of carboxylic acid groups (broad SMARTS) is 1. The highest BCUT2D eigenvalue weighted by atomic mass is 35.5. The Morgan fingerprint density at radius 1 is 1.40 bits per heavy atom. The molecule has 0 saturated heterocycles. The van der Waals surface area contributed by atoms with E-state index >= 15 is 0 Å². The van der Waals surface area contributed by atoms with Crippen LogP contribution in [-0.4, -0.2) is 40.0 Å². The van der Waals surface area contributed by atoms with Crippen molar-refractivity contribution < 1.29 is 24.2 Å². The third-order valence-electron chi connectivity index (χ3n) is 1.86. The zero-order valence-corrected chi connectivity index (χ0v) is 12.1. The van der Waals surface area contributed by atoms with Crippen LogP contribution < -0.4 is 9.64 Å². The summed E-state index contributed by atoms with van der Waals surface area (Å²) in [7, 11) is 1.26. The molecule has 0 radical (unpaired) electrons. The van der Waals surface area contributed by atoms with Crippen molar-refractivity contribution in [3.63, 3.8) is 0 Å². The molecule has 1 aromatic rings. The Morgan fingerprint density at radius 2 is 2.00 bits per heavy atom. The van der Waals surface area contributed by atoms with Gasteiger partial charge in [-0.1, -0.05) is 11.6 Å². The number of rotatable bonds is 2. The van der Waals surface area contributed by atoms with Gasteiger partial charge in [0.1, 0.15) is 10.8 Å². The molecule has 0 aromatic carbocycles. The minimum absolute atomic E-state index is 0.0874. The van der Waals surface area contributed by atoms with Crippen LogP contribution in [0.5, 0.6) is 5.88 Å². The number of carbonyl (C=O) groups excluding carboxylic acids is 1. The Bertz CT molecular complexity index is 529. The van der Waals surface area contributed by atoms with E-state index in [1.807, 2.05) is 0 Å². The molecule has 0 spiro atoms. The van der Waals surface area contributed by atoms with Crippen molar-refractivity contribution in [3.05, 3.63) is 11.3 Å². The molecule has 2 amide bonds. The topological polar surface area (TPSA) is 102 Å². The third-order valence-corrected chi connectivity index (χ3v) is 2.05. The molecule has 0 unspecified atom stereocenters. The second-order valence-corrected chi connectivity index (χ2v) is 5.01. The van der Waals surface area contributed by atoms with Gasteiger partial charge in [0.05, 0.1) is 13.3 Å². The Kier molecular flexibility index (Phi) is 4.72. The molecule has 20 heavy (non-hydrogen) atoms. The molecule has 110 valence electrons. The van der Waals surface area contributed by atoms with Crippen LogP contribution >= 0.6 is 11.6 Å². The zero-order valence-electron chi connectivity index (χ0n) is 11.4. The van der Waals surface area contributed by atoms with E-state index in [9.17, 15) is 9.59 Å². The van der Waals surface area contributed by atoms with Crippen LogP contribution in [0.4, 0.5) is 15.4 Å². The fourth-order valence-electron chi connectivity index (χ4n) is 1.20. The molecule has 9 heteroatoms. The molecular weight excluding hydrogens is 290 g/mol. The number of anilines is 1. The summed E-state index contributed by atoms with van der Waals surface area (Å²) in [4.78, 5) is 31.0. The van der Waals surface area contributed by atoms with E-state index in [-0.39, 0.29) is 21.8 Å². The van der Waals surface area contributed by atoms with Crippen molar-refractivity contribution in [2.45, 2.75) is 26.4 Å². The van der Waals surface area contributed by atoms with E-state index in [4.69, 9.17) is 26.2 Å². The molecule has 1 rings (SSSR count). The van der Waals surface area contributed by atoms with Gasteiger partial charge in [-0.2, -0.15) is 4.90 Å². The number of halogens is 1. The summed E-state index contributed by atoms with van der Waals surface area (Å²) in [5.41, 5.74) is -0.871. The van der Waals surface area contributed by atoms with Crippen LogP contribution in [0.1, 0.15) is 20.8 Å². The van der Waals surface area contributed by atoms with Crippen molar-refractivity contribution in [2.24, 2.45) is 0 Å². The largest absolute Gasteiger partial charge is 0.478 e. The monoisotopic (exact) mass is 303 g/mol. The van der Waals surface area contributed by atoms with E-state index in [1.165, 1.54) is 13.3 Å². The summed E-state index contributed by atoms with van der Waals surface area (Å²) in [6.07, 6.45) is -1.55. The number of hydrogen-bond acceptors (Lipinski definition) is 6. The third kappa shape index (κ3) is 3.95. The smallest absolute Gasteiger partial charge is 0.425 e. The summed E-state index contributed by atoms with van der Waals surface area (Å²) in [5.74, 6) is -0.524. The molecule has 1 N–H and O–H groups in total. The average molecular weight is 304 g/mol. The molecule has 1 aromatic heterocycles. The fourth-order valence-corrected chi connectivity index (χ4v) is 1.33. The average Bonchev–Trinajstić information content (AvgIpc) is 2.26. The van der Waals surface area contributed by atoms with Crippen molar-refractivity contribution >= 4 is 29.6 Å². The van der Waals surface area contributed by atoms with Crippen molar-refractivity contribution in [2.75, 3.05) is 12.0 Å². The van der Waals surface area contributed by atoms with Gasteiger partial charge in [-0.3, -0.25) is 0 Å². The van der Waals surface area contributed by atoms with Crippen LogP contribution in [0, 0.1) is 0 Å². The summed E-state index contributed by atoms with van der Waals surface area (Å²) >= 11 is 5.66. The van der Waals surface area contributed by atoms with Gasteiger partial charge in [-0.25, -0.2) is 19.6 Å². The maximum absolute atomic E-state index is 11.9. The van der Waals surface area contributed by atoms with E-state index in [0.717, 1.165) is 0 Å². The quantitative estimate of drug-likeness (QED) is 0.895. The van der Waals surface area contributed by atoms with Gasteiger partial charge in [0, 0.05) is 0 Å². The Hall–Kier alpha value is -2.09. The maximum atomic E-state index is 11.9. The zero-order chi connectivity index (χ0) is 15.5. The van der Waals surface area contributed by atoms with Gasteiger partial charge in [-0.05, 0) is 20.8 Å². The Morgan fingerprint density at radius 3 is 2.45 bits per heavy atom. The van der Waals surface area contributed by atoms with Crippen LogP contribution in [0.25, 0.3) is 0 Å². The lowest BCUT2D eigenvalue weighted by atomic mass is 10.2. The van der Waals surface area contributed by atoms with Gasteiger partial charge >= 0.3 is 12.2 Å². The summed E-state index contributed by atoms with van der Waals surface area (Å²) < 4.78 is 9.86. The molecule has 0 aliphatic heterocycles. The predicted octanol–water partition coefficient (Wildman–Crippen LogP) is 2.56. The van der Waals surface area contributed by atoms with Gasteiger partial charge in [-0.15, -0.1) is 0 Å². The second-order valence-electron chi connectivity index (χ2n) is 4.62. The van der Waals surface area contributed by atoms with Gasteiger partial charge in [0.2, 0.25) is 5.82 Å². The van der Waals surface area contributed by atoms with Gasteiger partial charge < -0.3 is 14.6 Å². The van der Waals surface area contributed by atoms with E-state index < -0.39 is 17.8 Å². The molecule has 0 saturated carbocycles. The number of amides is 2. The van der Waals surface area contributed by atoms with Crippen LogP contribution in [0.15, 0.2) is 6.20 Å². The van der Waals surface area contributed by atoms with E-state index in [0.29, 0.717) is 0 Å². The van der Waals surface area contributed by atoms with Crippen LogP contribution in [0.2, 0.25) is 5.15 Å². The first-order chi connectivity index (χ1) is 9.15. The normalized spacial score (nSPS) is 10.8. The first-order valence-corrected chi connectivity index (χ1v) is 5.86. The molecule has 8 nitrogen and oxygen atoms in total. The highest BCUT2D eigenvalue weighted by Crippen LogP contribution is 2.26. The number of nitrogens with zero attached hydrogens (tertiary/aromatic N) is 3. The number of carbonyl (C=O) groups is 2. The molecule has 0 bridgehead atoms. The van der Waals surface area contributed by atoms with E-state index in [1.54, 1.807) is 20.8 Å². The van der Waals surface area contributed by atoms with Gasteiger partial charge in [0.15, 0.2) is 0 Å². The Balaban J connectivity index is 3.24. The fraction of sp³-hybridized carbons (Fsp3) is 0.455. The predicted molar refractivity (Wildman–Crippen MR) is 70.3 cm³/mol. The minimum Gasteiger partial charge on any atom is -0.478 e. The standard InChI is InChI=1S/C11H14ClN3O5/c1-11(2,3)20-10(18)15(9(16)17)7-8(19-4)13-5-6(12)14-7/h5H,1-4H3,(H,16,17). The lowest BCUT2D eigenvalue weighted by Gasteiger charge is -2.24. The summed E-state index contributed by atoms with van der Waals surface area (Å²) in [5, 5.41) is 9.08. The maximum Gasteiger partial charge on any atom is 0.425 e. The molecule has 0 atom stereocenters. The number of hydrogen-bond donors (Lipinski definition) is 1. The highest BCUT2D eigenvalue weighted by molar-refractivity contribution is 6.29. The molecule has 0 fully saturated rings. The number of methoxy groups -OCH3 is 1. The number of imide groups is 1. The number of ether oxygens (including phenoxy) is 2. The Labute approximate surface area is 120 Å². The first-order valence-electron chi connectivity index (χ1n) is 5.48. The minimum atomic E-state index is -1.59. The van der Waals surface area contributed by atoms with E-state index in [2.05, 4.69) is 9.97 Å². The van der Waals surface area contributed by atoms with Crippen molar-refractivity contribution in [1.29, 1.82) is 0 Å². The van der Waals surface area contributed by atoms with Crippen LogP contribution in [-0.2, 0) is 4.74 Å². The second kappa shape index (κ2) is 5.91. The molecule has 0 aliphatic carbocycles. The van der Waals surface area contributed by atoms with Crippen molar-refractivity contribution in [1.82, 2.24) is 9.97 Å². The summed E-state index contributed by atoms with van der Waals surface area (Å²) in [6.45, 7) is 4.81. The number of aromatic nitrogens is 2. The van der Waals surface area contributed by atoms with Crippen molar-refractivity contribution in [3.8, 4) is 5.88 Å². The SMILES string of the molecule is COc1ncc(Cl)nc1N(C(=O)O)C(=O)OC(C)(C)C. The first kappa shape index (κ1) is 16.0.